The van der Waals surface area contributed by atoms with E-state index in [2.05, 4.69) is 22.7 Å². The summed E-state index contributed by atoms with van der Waals surface area (Å²) in [6.45, 7) is 2.87. The molecule has 0 aliphatic heterocycles. The summed E-state index contributed by atoms with van der Waals surface area (Å²) in [7, 11) is 0. The lowest BCUT2D eigenvalue weighted by molar-refractivity contribution is -0.405. The van der Waals surface area contributed by atoms with Gasteiger partial charge in [-0.1, -0.05) is 43.7 Å². The van der Waals surface area contributed by atoms with E-state index >= 15 is 0 Å². The predicted octanol–water partition coefficient (Wildman–Crippen LogP) is 6.11. The highest BCUT2D eigenvalue weighted by Crippen LogP contribution is 2.38. The van der Waals surface area contributed by atoms with Crippen LogP contribution in [0.2, 0.25) is 0 Å². The normalized spacial score (nSPS) is 11.2. The Labute approximate surface area is 180 Å². The molecule has 3 aromatic rings. The fourth-order valence-electron chi connectivity index (χ4n) is 2.94. The zero-order valence-corrected chi connectivity index (χ0v) is 17.4. The Balaban J connectivity index is 1.93. The van der Waals surface area contributed by atoms with Gasteiger partial charge in [-0.3, -0.25) is 0 Å². The summed E-state index contributed by atoms with van der Waals surface area (Å²) in [4.78, 5) is 25.7. The zero-order chi connectivity index (χ0) is 22.4. The summed E-state index contributed by atoms with van der Waals surface area (Å²) in [5, 5.41) is 7.12. The van der Waals surface area contributed by atoms with E-state index in [1.165, 1.54) is 0 Å². The number of nitroso groups, excluding NO2 is 1. The monoisotopic (exact) mass is 449 g/mol. The predicted molar refractivity (Wildman–Crippen MR) is 115 cm³/mol. The maximum atomic E-state index is 13.0. The Morgan fingerprint density at radius 3 is 2.52 bits per heavy atom. The largest absolute Gasteiger partial charge is 0.456 e. The van der Waals surface area contributed by atoms with Gasteiger partial charge in [0.25, 0.3) is 0 Å². The van der Waals surface area contributed by atoms with Crippen LogP contribution in [0.1, 0.15) is 35.8 Å². The van der Waals surface area contributed by atoms with Crippen molar-refractivity contribution in [2.45, 2.75) is 25.9 Å². The van der Waals surface area contributed by atoms with E-state index in [0.717, 1.165) is 30.6 Å². The summed E-state index contributed by atoms with van der Waals surface area (Å²) in [6.07, 6.45) is -2.76. The second-order valence-corrected chi connectivity index (χ2v) is 7.69. The summed E-state index contributed by atoms with van der Waals surface area (Å²) in [5.41, 5.74) is 1.23. The molecule has 0 radical (unpaired) electrons. The number of rotatable bonds is 8. The Hall–Kier alpha value is -3.27. The van der Waals surface area contributed by atoms with Gasteiger partial charge in [-0.25, -0.2) is 9.78 Å². The number of H-pyrrole nitrogens is 1. The standard InChI is InChI=1S/C21H19F3N4O2S/c1-2-3-11-25-14-9-10-15(16(12-14)13-7-5-4-6-8-13)18(29)27-20-26-17(21(22,23)24)19(28-30)31-20/h4-10,12,25H,2-3,11H2,1H3,(H,26,27,29)/p+1. The van der Waals surface area contributed by atoms with Crippen LogP contribution in [0.5, 0.6) is 0 Å². The second kappa shape index (κ2) is 9.69. The molecule has 0 bridgehead atoms. The van der Waals surface area contributed by atoms with Crippen LogP contribution < -0.4 is 15.6 Å². The molecule has 0 spiro atoms. The van der Waals surface area contributed by atoms with Crippen molar-refractivity contribution >= 4 is 33.1 Å². The number of nitrogens with one attached hydrogen (secondary N) is 3. The lowest BCUT2D eigenvalue weighted by Gasteiger charge is -2.11. The maximum absolute atomic E-state index is 13.0. The molecule has 2 aromatic carbocycles. The van der Waals surface area contributed by atoms with Gasteiger partial charge in [-0.15, -0.1) is 4.91 Å². The highest BCUT2D eigenvalue weighted by Gasteiger charge is 2.42. The number of unbranched alkanes of at least 4 members (excludes halogenated alkanes) is 1. The van der Waals surface area contributed by atoms with E-state index in [4.69, 9.17) is 0 Å². The maximum Gasteiger partial charge on any atom is 0.456 e. The quantitative estimate of drug-likeness (QED) is 0.321. The van der Waals surface area contributed by atoms with Crippen molar-refractivity contribution in [3.05, 3.63) is 64.7 Å². The zero-order valence-electron chi connectivity index (χ0n) is 16.5. The molecule has 0 fully saturated rings. The van der Waals surface area contributed by atoms with E-state index in [0.29, 0.717) is 16.9 Å². The van der Waals surface area contributed by atoms with Gasteiger partial charge < -0.3 is 5.32 Å². The number of hydrogen-bond acceptors (Lipinski definition) is 5. The first-order chi connectivity index (χ1) is 14.8. The number of hydrogen-bond donors (Lipinski definition) is 2. The fourth-order valence-corrected chi connectivity index (χ4v) is 3.74. The number of amides is 1. The fraction of sp³-hybridized carbons (Fsp3) is 0.238. The Morgan fingerprint density at radius 2 is 1.90 bits per heavy atom. The topological polar surface area (TPSA) is 84.7 Å². The van der Waals surface area contributed by atoms with Crippen molar-refractivity contribution in [2.24, 2.45) is 5.18 Å². The van der Waals surface area contributed by atoms with E-state index in [9.17, 15) is 22.9 Å². The highest BCUT2D eigenvalue weighted by molar-refractivity contribution is 7.19. The van der Waals surface area contributed by atoms with Crippen molar-refractivity contribution in [2.75, 3.05) is 17.2 Å². The van der Waals surface area contributed by atoms with Gasteiger partial charge in [-0.05, 0) is 52.3 Å². The number of thiazole rings is 1. The van der Waals surface area contributed by atoms with Crippen LogP contribution in [0.25, 0.3) is 11.1 Å². The molecule has 0 aliphatic rings. The van der Waals surface area contributed by atoms with Crippen LogP contribution in [0.3, 0.4) is 0 Å². The summed E-state index contributed by atoms with van der Waals surface area (Å²) in [5.74, 6) is -0.609. The molecule has 31 heavy (non-hydrogen) atoms. The third-order valence-electron chi connectivity index (χ3n) is 4.45. The molecule has 0 saturated heterocycles. The Morgan fingerprint density at radius 1 is 1.16 bits per heavy atom. The molecule has 10 heteroatoms. The first-order valence-electron chi connectivity index (χ1n) is 9.54. The van der Waals surface area contributed by atoms with Crippen molar-refractivity contribution in [3.63, 3.8) is 0 Å². The minimum atomic E-state index is -4.79. The molecule has 3 N–H and O–H groups in total. The summed E-state index contributed by atoms with van der Waals surface area (Å²) < 4.78 is 39.1. The Bertz CT molecular complexity index is 1070. The number of halogens is 3. The summed E-state index contributed by atoms with van der Waals surface area (Å²) in [6, 6.07) is 14.4. The SMILES string of the molecule is CCCCNc1ccc(C(=O)Nc2[nH+]c(C(F)(F)F)c(N=O)s2)c(-c2ccccc2)c1. The average Bonchev–Trinajstić information content (AvgIpc) is 3.18. The molecule has 0 atom stereocenters. The molecule has 1 aromatic heterocycles. The number of aromatic amines is 1. The molecule has 1 heterocycles. The van der Waals surface area contributed by atoms with Crippen molar-refractivity contribution in [1.82, 2.24) is 0 Å². The van der Waals surface area contributed by atoms with Crippen LogP contribution in [0.15, 0.2) is 53.7 Å². The van der Waals surface area contributed by atoms with Crippen molar-refractivity contribution in [1.29, 1.82) is 0 Å². The van der Waals surface area contributed by atoms with Crippen LogP contribution in [0.4, 0.5) is 29.0 Å². The minimum Gasteiger partial charge on any atom is -0.385 e. The number of aromatic nitrogens is 1. The molecule has 6 nitrogen and oxygen atoms in total. The second-order valence-electron chi connectivity index (χ2n) is 6.69. The van der Waals surface area contributed by atoms with Gasteiger partial charge >= 0.3 is 17.2 Å². The van der Waals surface area contributed by atoms with Crippen LogP contribution in [-0.4, -0.2) is 12.5 Å². The van der Waals surface area contributed by atoms with Crippen molar-refractivity contribution in [3.8, 4) is 11.1 Å². The van der Waals surface area contributed by atoms with Gasteiger partial charge in [0.2, 0.25) is 10.7 Å². The molecule has 3 rings (SSSR count). The van der Waals surface area contributed by atoms with E-state index in [1.54, 1.807) is 12.1 Å². The first-order valence-corrected chi connectivity index (χ1v) is 10.4. The molecule has 0 saturated carbocycles. The molecule has 1 amide bonds. The number of alkyl halides is 3. The Kier molecular flexibility index (Phi) is 7.01. The van der Waals surface area contributed by atoms with E-state index in [1.807, 2.05) is 41.4 Å². The third-order valence-corrected chi connectivity index (χ3v) is 5.33. The lowest BCUT2D eigenvalue weighted by Crippen LogP contribution is -2.23. The van der Waals surface area contributed by atoms with Gasteiger partial charge in [0.1, 0.15) is 0 Å². The number of anilines is 2. The summed E-state index contributed by atoms with van der Waals surface area (Å²) >= 11 is 0.429. The van der Waals surface area contributed by atoms with Crippen molar-refractivity contribution < 1.29 is 22.9 Å². The number of benzene rings is 2. The number of carbonyl (C=O) groups excluding carboxylic acids is 1. The van der Waals surface area contributed by atoms with Gasteiger partial charge in [0, 0.05) is 12.2 Å². The molecule has 0 aliphatic carbocycles. The molecular formula is C21H20F3N4O2S+. The average molecular weight is 449 g/mol. The van der Waals surface area contributed by atoms with Crippen LogP contribution >= 0.6 is 11.3 Å². The number of carbonyl (C=O) groups is 1. The minimum absolute atomic E-state index is 0.226. The van der Waals surface area contributed by atoms with E-state index in [-0.39, 0.29) is 10.7 Å². The number of nitrogens with zero attached hydrogens (tertiary/aromatic N) is 1. The van der Waals surface area contributed by atoms with Crippen LogP contribution in [-0.2, 0) is 6.18 Å². The van der Waals surface area contributed by atoms with E-state index < -0.39 is 22.8 Å². The highest BCUT2D eigenvalue weighted by atomic mass is 32.1. The van der Waals surface area contributed by atoms with Gasteiger partial charge in [0.05, 0.1) is 5.56 Å². The third kappa shape index (κ3) is 5.46. The molecule has 0 unspecified atom stereocenters. The molecular weight excluding hydrogens is 429 g/mol. The smallest absolute Gasteiger partial charge is 0.385 e. The first kappa shape index (κ1) is 22.4. The van der Waals surface area contributed by atoms with Gasteiger partial charge in [0.15, 0.2) is 0 Å². The van der Waals surface area contributed by atoms with Crippen LogP contribution in [0, 0.1) is 4.91 Å². The lowest BCUT2D eigenvalue weighted by atomic mass is 9.98. The molecule has 162 valence electrons. The van der Waals surface area contributed by atoms with Gasteiger partial charge in [-0.2, -0.15) is 18.5 Å².